The van der Waals surface area contributed by atoms with E-state index in [0.29, 0.717) is 34.4 Å². The van der Waals surface area contributed by atoms with Crippen LogP contribution in [0.3, 0.4) is 0 Å². The zero-order valence-corrected chi connectivity index (χ0v) is 18.3. The maximum absolute atomic E-state index is 13.3. The molecule has 4 amide bonds. The van der Waals surface area contributed by atoms with Gasteiger partial charge in [-0.15, -0.1) is 0 Å². The quantitative estimate of drug-likeness (QED) is 0.349. The molecule has 3 aromatic rings. The van der Waals surface area contributed by atoms with Gasteiger partial charge in [-0.1, -0.05) is 49.4 Å². The van der Waals surface area contributed by atoms with Crippen LogP contribution in [0.15, 0.2) is 78.0 Å². The molecule has 0 fully saturated rings. The second-order valence-electron chi connectivity index (χ2n) is 8.03. The Labute approximate surface area is 195 Å². The second-order valence-corrected chi connectivity index (χ2v) is 8.03. The monoisotopic (exact) mass is 455 g/mol. The first kappa shape index (κ1) is 21.4. The van der Waals surface area contributed by atoms with E-state index < -0.39 is 29.9 Å². The minimum atomic E-state index is -0.933. The molecule has 3 aromatic carbocycles. The number of allylic oxidation sites excluding steroid dienone is 1. The number of carbonyl (C=O) groups excluding carboxylic acids is 4. The minimum Gasteiger partial charge on any atom is -0.423 e. The maximum atomic E-state index is 13.3. The normalized spacial score (nSPS) is 17.5. The topological polar surface area (TPSA) is 105 Å². The Bertz CT molecular complexity index is 1330. The molecule has 170 valence electrons. The molecule has 0 saturated heterocycles. The second kappa shape index (κ2) is 8.47. The van der Waals surface area contributed by atoms with Gasteiger partial charge in [-0.05, 0) is 36.1 Å². The molecular weight excluding hydrogens is 434 g/mol. The summed E-state index contributed by atoms with van der Waals surface area (Å²) in [7, 11) is 0. The van der Waals surface area contributed by atoms with Gasteiger partial charge in [-0.25, -0.2) is 9.59 Å². The van der Waals surface area contributed by atoms with Crippen LogP contribution >= 0.6 is 0 Å². The summed E-state index contributed by atoms with van der Waals surface area (Å²) in [6, 6.07) is 17.7. The summed E-state index contributed by atoms with van der Waals surface area (Å²) in [4.78, 5) is 53.2. The molecule has 0 aromatic heterocycles. The molecule has 2 N–H and O–H groups in total. The van der Waals surface area contributed by atoms with Gasteiger partial charge < -0.3 is 15.4 Å². The fraction of sp³-hybridized carbons (Fsp3) is 0.154. The van der Waals surface area contributed by atoms with E-state index in [4.69, 9.17) is 4.74 Å². The molecular formula is C26H21N3O5. The van der Waals surface area contributed by atoms with Crippen LogP contribution in [0.5, 0.6) is 5.75 Å². The lowest BCUT2D eigenvalue weighted by Crippen LogP contribution is -2.56. The van der Waals surface area contributed by atoms with E-state index in [-0.39, 0.29) is 12.1 Å². The molecule has 34 heavy (non-hydrogen) atoms. The van der Waals surface area contributed by atoms with Crippen LogP contribution in [0.2, 0.25) is 0 Å². The van der Waals surface area contributed by atoms with Gasteiger partial charge in [0.2, 0.25) is 0 Å². The Morgan fingerprint density at radius 2 is 1.56 bits per heavy atom. The summed E-state index contributed by atoms with van der Waals surface area (Å²) < 4.78 is 5.52. The summed E-state index contributed by atoms with van der Waals surface area (Å²) in [6.45, 7) is 1.58. The number of urea groups is 1. The standard InChI is InChI=1S/C26H21N3O5/c1-2-19-22(25(32)34-16-10-4-3-5-11-16)20(28-26(33)27-19)14-29-23(30)17-12-6-8-15-9-7-13-18(21(15)17)24(29)31/h3-13,20H,2,14H2,1H3,(H2,27,28,33). The van der Waals surface area contributed by atoms with Gasteiger partial charge in [0.1, 0.15) is 5.75 Å². The third-order valence-corrected chi connectivity index (χ3v) is 5.99. The summed E-state index contributed by atoms with van der Waals surface area (Å²) in [5.41, 5.74) is 1.36. The SMILES string of the molecule is CCC1=C(C(=O)Oc2ccccc2)C(CN2C(=O)c3cccc4cccc(c34)C2=O)NC(=O)N1. The maximum Gasteiger partial charge on any atom is 0.343 e. The lowest BCUT2D eigenvalue weighted by molar-refractivity contribution is -0.130. The number of carbonyl (C=O) groups is 4. The zero-order valence-electron chi connectivity index (χ0n) is 18.3. The predicted molar refractivity (Wildman–Crippen MR) is 124 cm³/mol. The summed E-state index contributed by atoms with van der Waals surface area (Å²) in [5, 5.41) is 6.73. The van der Waals surface area contributed by atoms with Crippen molar-refractivity contribution in [3.05, 3.63) is 89.1 Å². The van der Waals surface area contributed by atoms with E-state index in [2.05, 4.69) is 10.6 Å². The van der Waals surface area contributed by atoms with Gasteiger partial charge in [0, 0.05) is 22.2 Å². The summed E-state index contributed by atoms with van der Waals surface area (Å²) >= 11 is 0. The van der Waals surface area contributed by atoms with Crippen molar-refractivity contribution < 1.29 is 23.9 Å². The minimum absolute atomic E-state index is 0.170. The van der Waals surface area contributed by atoms with E-state index in [9.17, 15) is 19.2 Å². The molecule has 5 rings (SSSR count). The van der Waals surface area contributed by atoms with E-state index in [1.807, 2.05) is 12.1 Å². The Kier molecular flexibility index (Phi) is 5.33. The number of para-hydroxylation sites is 1. The molecule has 2 heterocycles. The van der Waals surface area contributed by atoms with E-state index in [0.717, 1.165) is 10.3 Å². The molecule has 0 spiro atoms. The highest BCUT2D eigenvalue weighted by Crippen LogP contribution is 2.31. The van der Waals surface area contributed by atoms with E-state index in [1.54, 1.807) is 61.5 Å². The van der Waals surface area contributed by atoms with Crippen LogP contribution in [0, 0.1) is 0 Å². The van der Waals surface area contributed by atoms with Crippen molar-refractivity contribution in [1.29, 1.82) is 0 Å². The van der Waals surface area contributed by atoms with Crippen molar-refractivity contribution in [2.45, 2.75) is 19.4 Å². The van der Waals surface area contributed by atoms with Crippen LogP contribution < -0.4 is 15.4 Å². The lowest BCUT2D eigenvalue weighted by Gasteiger charge is -2.34. The Hall–Kier alpha value is -4.46. The number of imide groups is 1. The van der Waals surface area contributed by atoms with Crippen molar-refractivity contribution in [1.82, 2.24) is 15.5 Å². The average Bonchev–Trinajstić information content (AvgIpc) is 2.85. The third-order valence-electron chi connectivity index (χ3n) is 5.99. The highest BCUT2D eigenvalue weighted by Gasteiger charge is 2.39. The number of benzene rings is 3. The largest absolute Gasteiger partial charge is 0.423 e. The number of hydrogen-bond donors (Lipinski definition) is 2. The van der Waals surface area contributed by atoms with E-state index in [1.165, 1.54) is 0 Å². The fourth-order valence-corrected chi connectivity index (χ4v) is 4.44. The molecule has 2 aliphatic heterocycles. The summed E-state index contributed by atoms with van der Waals surface area (Å²) in [6.07, 6.45) is 0.354. The number of amides is 4. The molecule has 1 unspecified atom stereocenters. The number of hydrogen-bond acceptors (Lipinski definition) is 5. The first-order valence-electron chi connectivity index (χ1n) is 10.9. The van der Waals surface area contributed by atoms with Crippen LogP contribution in [0.4, 0.5) is 4.79 Å². The highest BCUT2D eigenvalue weighted by atomic mass is 16.5. The van der Waals surface area contributed by atoms with Gasteiger partial charge in [-0.2, -0.15) is 0 Å². The Morgan fingerprint density at radius 1 is 0.912 bits per heavy atom. The van der Waals surface area contributed by atoms with Gasteiger partial charge >= 0.3 is 12.0 Å². The van der Waals surface area contributed by atoms with Gasteiger partial charge in [0.25, 0.3) is 11.8 Å². The zero-order chi connectivity index (χ0) is 23.8. The first-order valence-corrected chi connectivity index (χ1v) is 10.9. The summed E-state index contributed by atoms with van der Waals surface area (Å²) in [5.74, 6) is -1.27. The first-order chi connectivity index (χ1) is 16.5. The highest BCUT2D eigenvalue weighted by molar-refractivity contribution is 6.25. The number of nitrogens with one attached hydrogen (secondary N) is 2. The van der Waals surface area contributed by atoms with Crippen LogP contribution in [-0.4, -0.2) is 41.3 Å². The van der Waals surface area contributed by atoms with Crippen molar-refractivity contribution >= 4 is 34.6 Å². The number of ether oxygens (including phenoxy) is 1. The fourth-order valence-electron chi connectivity index (χ4n) is 4.44. The lowest BCUT2D eigenvalue weighted by atomic mass is 9.93. The number of rotatable bonds is 5. The predicted octanol–water partition coefficient (Wildman–Crippen LogP) is 3.39. The van der Waals surface area contributed by atoms with E-state index >= 15 is 0 Å². The van der Waals surface area contributed by atoms with Gasteiger partial charge in [-0.3, -0.25) is 14.5 Å². The molecule has 8 heteroatoms. The van der Waals surface area contributed by atoms with Crippen LogP contribution in [0.1, 0.15) is 34.1 Å². The average molecular weight is 455 g/mol. The molecule has 0 saturated carbocycles. The van der Waals surface area contributed by atoms with Crippen LogP contribution in [0.25, 0.3) is 10.8 Å². The van der Waals surface area contributed by atoms with Crippen molar-refractivity contribution in [2.24, 2.45) is 0 Å². The van der Waals surface area contributed by atoms with Gasteiger partial charge in [0.05, 0.1) is 18.2 Å². The van der Waals surface area contributed by atoms with Crippen molar-refractivity contribution in [2.75, 3.05) is 6.54 Å². The Balaban J connectivity index is 1.50. The number of nitrogens with zero attached hydrogens (tertiary/aromatic N) is 1. The van der Waals surface area contributed by atoms with Crippen molar-refractivity contribution in [3.63, 3.8) is 0 Å². The molecule has 0 radical (unpaired) electrons. The van der Waals surface area contributed by atoms with Crippen LogP contribution in [-0.2, 0) is 4.79 Å². The van der Waals surface area contributed by atoms with Gasteiger partial charge in [0.15, 0.2) is 0 Å². The smallest absolute Gasteiger partial charge is 0.343 e. The molecule has 1 atom stereocenters. The molecule has 0 aliphatic carbocycles. The molecule has 0 bridgehead atoms. The number of esters is 1. The Morgan fingerprint density at radius 3 is 2.18 bits per heavy atom. The van der Waals surface area contributed by atoms with Crippen molar-refractivity contribution in [3.8, 4) is 5.75 Å². The molecule has 2 aliphatic rings. The molecule has 8 nitrogen and oxygen atoms in total. The third kappa shape index (κ3) is 3.59.